The van der Waals surface area contributed by atoms with Crippen LogP contribution in [-0.4, -0.2) is 20.3 Å². The first-order valence-electron chi connectivity index (χ1n) is 2.33. The molecular weight excluding hydrogens is 169 g/mol. The van der Waals surface area contributed by atoms with Gasteiger partial charge >= 0.3 is 6.18 Å². The maximum absolute atomic E-state index is 11.3. The summed E-state index contributed by atoms with van der Waals surface area (Å²) in [6.07, 6.45) is -3.19. The van der Waals surface area contributed by atoms with Crippen molar-refractivity contribution in [1.29, 1.82) is 0 Å². The van der Waals surface area contributed by atoms with Gasteiger partial charge in [0.15, 0.2) is 9.84 Å². The second-order valence-corrected chi connectivity index (χ2v) is 3.71. The highest BCUT2D eigenvalue weighted by molar-refractivity contribution is 7.92. The molecule has 0 aromatic carbocycles. The summed E-state index contributed by atoms with van der Waals surface area (Å²) in [4.78, 5) is 0. The Morgan fingerprint density at radius 3 is 1.80 bits per heavy atom. The van der Waals surface area contributed by atoms with Crippen LogP contribution in [0.1, 0.15) is 6.42 Å². The van der Waals surface area contributed by atoms with E-state index in [2.05, 4.69) is 6.26 Å². The predicted molar refractivity (Wildman–Crippen MR) is 29.8 cm³/mol. The zero-order chi connectivity index (χ0) is 8.41. The molecule has 6 heteroatoms. The second kappa shape index (κ2) is 2.77. The third kappa shape index (κ3) is 7.74. The summed E-state index contributed by atoms with van der Waals surface area (Å²) in [7, 11) is -3.73. The quantitative estimate of drug-likeness (QED) is 0.630. The number of sulfone groups is 1. The number of hydrogen-bond acceptors (Lipinski definition) is 2. The normalized spacial score (nSPS) is 13.6. The molecule has 0 N–H and O–H groups in total. The van der Waals surface area contributed by atoms with Gasteiger partial charge < -0.3 is 0 Å². The Morgan fingerprint density at radius 2 is 1.70 bits per heavy atom. The van der Waals surface area contributed by atoms with Crippen LogP contribution in [0.15, 0.2) is 0 Å². The molecule has 0 bridgehead atoms. The fraction of sp³-hybridized carbons (Fsp3) is 0.750. The Bertz CT molecular complexity index is 191. The third-order valence-corrected chi connectivity index (χ3v) is 1.52. The predicted octanol–water partition coefficient (Wildman–Crippen LogP) is 1.15. The molecule has 0 aromatic rings. The SMILES string of the molecule is [CH2]S(=O)(=O)CCC(F)(F)F. The average Bonchev–Trinajstić information content (AvgIpc) is 1.57. The summed E-state index contributed by atoms with van der Waals surface area (Å²) in [5.74, 6) is -0.934. The van der Waals surface area contributed by atoms with Gasteiger partial charge in [0.1, 0.15) is 0 Å². The van der Waals surface area contributed by atoms with Crippen molar-refractivity contribution in [3.05, 3.63) is 6.26 Å². The highest BCUT2D eigenvalue weighted by Gasteiger charge is 2.28. The van der Waals surface area contributed by atoms with E-state index in [1.54, 1.807) is 0 Å². The monoisotopic (exact) mass is 175 g/mol. The van der Waals surface area contributed by atoms with Crippen LogP contribution in [0.25, 0.3) is 0 Å². The number of rotatable bonds is 2. The Morgan fingerprint density at radius 1 is 1.30 bits per heavy atom. The fourth-order valence-electron chi connectivity index (χ4n) is 0.271. The molecule has 0 unspecified atom stereocenters. The molecule has 61 valence electrons. The molecule has 0 fully saturated rings. The third-order valence-electron chi connectivity index (χ3n) is 0.697. The van der Waals surface area contributed by atoms with Crippen molar-refractivity contribution in [2.45, 2.75) is 12.6 Å². The molecule has 0 saturated heterocycles. The zero-order valence-corrected chi connectivity index (χ0v) is 5.80. The molecule has 0 amide bonds. The molecule has 10 heavy (non-hydrogen) atoms. The smallest absolute Gasteiger partial charge is 0.229 e. The first-order chi connectivity index (χ1) is 4.21. The molecule has 0 spiro atoms. The van der Waals surface area contributed by atoms with E-state index in [9.17, 15) is 21.6 Å². The molecule has 0 saturated carbocycles. The van der Waals surface area contributed by atoms with E-state index in [0.29, 0.717) is 0 Å². The summed E-state index contributed by atoms with van der Waals surface area (Å²) in [5.41, 5.74) is 0. The Labute approximate surface area is 57.0 Å². The second-order valence-electron chi connectivity index (χ2n) is 1.81. The van der Waals surface area contributed by atoms with Gasteiger partial charge in [0.05, 0.1) is 18.4 Å². The van der Waals surface area contributed by atoms with Crippen molar-refractivity contribution >= 4 is 9.84 Å². The fourth-order valence-corrected chi connectivity index (χ4v) is 0.814. The molecule has 0 atom stereocenters. The maximum atomic E-state index is 11.3. The van der Waals surface area contributed by atoms with Crippen LogP contribution >= 0.6 is 0 Å². The minimum atomic E-state index is -4.41. The van der Waals surface area contributed by atoms with Crippen LogP contribution in [0.4, 0.5) is 13.2 Å². The summed E-state index contributed by atoms with van der Waals surface area (Å²) in [6, 6.07) is 0. The van der Waals surface area contributed by atoms with Crippen LogP contribution in [0.5, 0.6) is 0 Å². The summed E-state index contributed by atoms with van der Waals surface area (Å²) in [5, 5.41) is 0. The van der Waals surface area contributed by atoms with E-state index >= 15 is 0 Å². The lowest BCUT2D eigenvalue weighted by Crippen LogP contribution is -2.13. The van der Waals surface area contributed by atoms with E-state index < -0.39 is 28.2 Å². The van der Waals surface area contributed by atoms with Gasteiger partial charge in [0, 0.05) is 0 Å². The van der Waals surface area contributed by atoms with E-state index in [4.69, 9.17) is 0 Å². The average molecular weight is 175 g/mol. The van der Waals surface area contributed by atoms with Gasteiger partial charge in [-0.3, -0.25) is 0 Å². The van der Waals surface area contributed by atoms with Gasteiger partial charge in [-0.2, -0.15) is 13.2 Å². The van der Waals surface area contributed by atoms with Crippen LogP contribution in [0.3, 0.4) is 0 Å². The van der Waals surface area contributed by atoms with Crippen LogP contribution < -0.4 is 0 Å². The van der Waals surface area contributed by atoms with Crippen molar-refractivity contribution in [1.82, 2.24) is 0 Å². The summed E-state index contributed by atoms with van der Waals surface area (Å²) >= 11 is 0. The topological polar surface area (TPSA) is 34.1 Å². The van der Waals surface area contributed by atoms with Gasteiger partial charge in [-0.25, -0.2) is 8.42 Å². The number of alkyl halides is 3. The Kier molecular flexibility index (Phi) is 2.70. The van der Waals surface area contributed by atoms with Gasteiger partial charge in [0.25, 0.3) is 0 Å². The minimum Gasteiger partial charge on any atom is -0.229 e. The van der Waals surface area contributed by atoms with Crippen molar-refractivity contribution in [2.24, 2.45) is 0 Å². The molecule has 1 radical (unpaired) electrons. The first kappa shape index (κ1) is 9.74. The van der Waals surface area contributed by atoms with Gasteiger partial charge in [0.2, 0.25) is 0 Å². The molecular formula is C4H6F3O2S. The molecule has 0 aliphatic carbocycles. The van der Waals surface area contributed by atoms with Crippen LogP contribution in [0, 0.1) is 6.26 Å². The van der Waals surface area contributed by atoms with E-state index in [0.717, 1.165) is 0 Å². The molecule has 0 aliphatic heterocycles. The lowest BCUT2D eigenvalue weighted by molar-refractivity contribution is -0.129. The van der Waals surface area contributed by atoms with Crippen molar-refractivity contribution in [3.8, 4) is 0 Å². The van der Waals surface area contributed by atoms with Gasteiger partial charge in [-0.15, -0.1) is 0 Å². The molecule has 2 nitrogen and oxygen atoms in total. The van der Waals surface area contributed by atoms with Crippen molar-refractivity contribution in [3.63, 3.8) is 0 Å². The molecule has 0 aliphatic rings. The van der Waals surface area contributed by atoms with E-state index in [-0.39, 0.29) is 0 Å². The first-order valence-corrected chi connectivity index (χ1v) is 4.15. The summed E-state index contributed by atoms with van der Waals surface area (Å²) < 4.78 is 54.0. The van der Waals surface area contributed by atoms with Crippen LogP contribution in [-0.2, 0) is 9.84 Å². The number of hydrogen-bond donors (Lipinski definition) is 0. The Balaban J connectivity index is 3.79. The van der Waals surface area contributed by atoms with E-state index in [1.165, 1.54) is 0 Å². The van der Waals surface area contributed by atoms with E-state index in [1.807, 2.05) is 0 Å². The minimum absolute atomic E-state index is 0.934. The maximum Gasteiger partial charge on any atom is 0.390 e. The highest BCUT2D eigenvalue weighted by Crippen LogP contribution is 2.19. The zero-order valence-electron chi connectivity index (χ0n) is 4.98. The molecule has 0 heterocycles. The summed E-state index contributed by atoms with van der Waals surface area (Å²) in [6.45, 7) is 0. The molecule has 0 rings (SSSR count). The highest BCUT2D eigenvalue weighted by atomic mass is 32.2. The number of halogens is 3. The lowest BCUT2D eigenvalue weighted by Gasteiger charge is -2.02. The molecule has 0 aromatic heterocycles. The van der Waals surface area contributed by atoms with Crippen molar-refractivity contribution in [2.75, 3.05) is 5.75 Å². The van der Waals surface area contributed by atoms with Crippen molar-refractivity contribution < 1.29 is 21.6 Å². The standard InChI is InChI=1S/C4H6F3O2S/c1-10(8,9)3-2-4(5,6)7/h1-3H2. The largest absolute Gasteiger partial charge is 0.390 e. The van der Waals surface area contributed by atoms with Gasteiger partial charge in [-0.1, -0.05) is 0 Å². The van der Waals surface area contributed by atoms with Crippen LogP contribution in [0.2, 0.25) is 0 Å². The van der Waals surface area contributed by atoms with Gasteiger partial charge in [-0.05, 0) is 0 Å². The Hall–Kier alpha value is -0.260. The lowest BCUT2D eigenvalue weighted by atomic mass is 10.5.